The van der Waals surface area contributed by atoms with Gasteiger partial charge in [-0.3, -0.25) is 19.5 Å². The molecular formula is C26H25FN2O4S. The van der Waals surface area contributed by atoms with Crippen molar-refractivity contribution in [3.8, 4) is 17.6 Å². The molecule has 3 heterocycles. The van der Waals surface area contributed by atoms with E-state index in [4.69, 9.17) is 4.74 Å². The Kier molecular flexibility index (Phi) is 7.56. The molecule has 1 aromatic carbocycles. The Morgan fingerprint density at radius 3 is 2.94 bits per heavy atom. The fourth-order valence-electron chi connectivity index (χ4n) is 4.42. The maximum absolute atomic E-state index is 14.6. The van der Waals surface area contributed by atoms with E-state index in [0.29, 0.717) is 49.1 Å². The highest BCUT2D eigenvalue weighted by Crippen LogP contribution is 2.30. The minimum atomic E-state index is -0.876. The van der Waals surface area contributed by atoms with Crippen LogP contribution in [0.15, 0.2) is 41.9 Å². The number of pyridine rings is 1. The first-order chi connectivity index (χ1) is 16.5. The van der Waals surface area contributed by atoms with Crippen LogP contribution in [0, 0.1) is 29.5 Å². The molecule has 0 bridgehead atoms. The molecule has 0 spiro atoms. The van der Waals surface area contributed by atoms with Crippen LogP contribution in [0.5, 0.6) is 5.75 Å². The van der Waals surface area contributed by atoms with Crippen LogP contribution >= 0.6 is 11.3 Å². The lowest BCUT2D eigenvalue weighted by Crippen LogP contribution is -2.44. The summed E-state index contributed by atoms with van der Waals surface area (Å²) in [4.78, 5) is 32.1. The summed E-state index contributed by atoms with van der Waals surface area (Å²) in [7, 11) is 1.50. The molecule has 176 valence electrons. The van der Waals surface area contributed by atoms with Gasteiger partial charge in [-0.25, -0.2) is 4.39 Å². The first-order valence-corrected chi connectivity index (χ1v) is 12.0. The largest absolute Gasteiger partial charge is 0.497 e. The predicted octanol–water partition coefficient (Wildman–Crippen LogP) is 4.48. The Morgan fingerprint density at radius 2 is 2.21 bits per heavy atom. The summed E-state index contributed by atoms with van der Waals surface area (Å²) >= 11 is 1.57. The summed E-state index contributed by atoms with van der Waals surface area (Å²) in [6, 6.07) is 8.89. The number of methoxy groups -OCH3 is 1. The Balaban J connectivity index is 1.42. The number of halogens is 1. The van der Waals surface area contributed by atoms with E-state index in [1.165, 1.54) is 7.11 Å². The van der Waals surface area contributed by atoms with E-state index in [1.54, 1.807) is 29.5 Å². The minimum absolute atomic E-state index is 0.0166. The fraction of sp³-hybridized carbons (Fsp3) is 0.346. The number of ketones is 1. The van der Waals surface area contributed by atoms with Crippen LogP contribution < -0.4 is 4.74 Å². The van der Waals surface area contributed by atoms with E-state index in [2.05, 4.69) is 16.8 Å². The van der Waals surface area contributed by atoms with Gasteiger partial charge in [0, 0.05) is 18.4 Å². The number of ether oxygens (including phenoxy) is 1. The quantitative estimate of drug-likeness (QED) is 0.397. The SMILES string of the molecule is COc1ccc2ncc(F)c(C(=O)CC[C@H]3CCN(CC#Cc4cccs4)C[C@H]3C(=O)O)c2c1. The monoisotopic (exact) mass is 480 g/mol. The van der Waals surface area contributed by atoms with E-state index in [1.807, 2.05) is 22.4 Å². The number of carbonyl (C=O) groups excluding carboxylic acids is 1. The zero-order valence-electron chi connectivity index (χ0n) is 18.8. The Labute approximate surface area is 201 Å². The lowest BCUT2D eigenvalue weighted by molar-refractivity contribution is -0.146. The zero-order valence-corrected chi connectivity index (χ0v) is 19.6. The van der Waals surface area contributed by atoms with Crippen LogP contribution in [0.4, 0.5) is 4.39 Å². The lowest BCUT2D eigenvalue weighted by atomic mass is 9.81. The number of carboxylic acids is 1. The first kappa shape index (κ1) is 23.9. The number of likely N-dealkylation sites (tertiary alicyclic amines) is 1. The number of nitrogens with zero attached hydrogens (tertiary/aromatic N) is 2. The third kappa shape index (κ3) is 5.44. The number of carboxylic acid groups (broad SMARTS) is 1. The van der Waals surface area contributed by atoms with E-state index >= 15 is 0 Å². The van der Waals surface area contributed by atoms with Gasteiger partial charge in [0.2, 0.25) is 0 Å². The highest BCUT2D eigenvalue weighted by atomic mass is 32.1. The van der Waals surface area contributed by atoms with Crippen molar-refractivity contribution in [1.29, 1.82) is 0 Å². The molecule has 0 radical (unpaired) electrons. The summed E-state index contributed by atoms with van der Waals surface area (Å²) in [5, 5.41) is 12.2. The van der Waals surface area contributed by atoms with Crippen LogP contribution in [0.2, 0.25) is 0 Å². The molecular weight excluding hydrogens is 455 g/mol. The van der Waals surface area contributed by atoms with Crippen molar-refractivity contribution in [2.45, 2.75) is 19.3 Å². The Morgan fingerprint density at radius 1 is 1.35 bits per heavy atom. The van der Waals surface area contributed by atoms with Crippen molar-refractivity contribution >= 4 is 34.0 Å². The Hall–Kier alpha value is -3.28. The van der Waals surface area contributed by atoms with Gasteiger partial charge in [-0.15, -0.1) is 11.3 Å². The maximum Gasteiger partial charge on any atom is 0.308 e. The second-order valence-corrected chi connectivity index (χ2v) is 9.28. The van der Waals surface area contributed by atoms with Gasteiger partial charge >= 0.3 is 5.97 Å². The van der Waals surface area contributed by atoms with Crippen molar-refractivity contribution in [1.82, 2.24) is 9.88 Å². The van der Waals surface area contributed by atoms with Crippen molar-refractivity contribution in [2.24, 2.45) is 11.8 Å². The molecule has 1 saturated heterocycles. The summed E-state index contributed by atoms with van der Waals surface area (Å²) in [5.41, 5.74) is 0.489. The second-order valence-electron chi connectivity index (χ2n) is 8.33. The molecule has 3 aromatic rings. The number of aromatic nitrogens is 1. The first-order valence-electron chi connectivity index (χ1n) is 11.1. The molecule has 0 saturated carbocycles. The predicted molar refractivity (Wildman–Crippen MR) is 129 cm³/mol. The van der Waals surface area contributed by atoms with Crippen LogP contribution in [0.3, 0.4) is 0 Å². The number of piperidine rings is 1. The normalized spacial score (nSPS) is 18.3. The number of rotatable bonds is 7. The van der Waals surface area contributed by atoms with Crippen LogP contribution in [-0.4, -0.2) is 53.5 Å². The maximum atomic E-state index is 14.6. The van der Waals surface area contributed by atoms with Gasteiger partial charge < -0.3 is 9.84 Å². The molecule has 6 nitrogen and oxygen atoms in total. The highest BCUT2D eigenvalue weighted by Gasteiger charge is 2.34. The molecule has 0 aliphatic carbocycles. The molecule has 1 fully saturated rings. The molecule has 4 rings (SSSR count). The third-order valence-corrected chi connectivity index (χ3v) is 7.03. The fourth-order valence-corrected chi connectivity index (χ4v) is 5.02. The molecule has 0 unspecified atom stereocenters. The molecule has 0 amide bonds. The third-order valence-electron chi connectivity index (χ3n) is 6.24. The number of fused-ring (bicyclic) bond motifs is 1. The van der Waals surface area contributed by atoms with Crippen LogP contribution in [0.1, 0.15) is 34.5 Å². The van der Waals surface area contributed by atoms with E-state index < -0.39 is 17.7 Å². The summed E-state index contributed by atoms with van der Waals surface area (Å²) < 4.78 is 19.8. The van der Waals surface area contributed by atoms with Gasteiger partial charge in [-0.05, 0) is 54.9 Å². The van der Waals surface area contributed by atoms with Crippen LogP contribution in [0.25, 0.3) is 10.9 Å². The minimum Gasteiger partial charge on any atom is -0.497 e. The molecule has 2 aromatic heterocycles. The standard InChI is InChI=1S/C26H25FN2O4S/c1-33-18-7-8-23-20(14-18)25(22(27)15-28-23)24(30)9-6-17-10-12-29(16-21(17)26(31)32)11-2-4-19-5-3-13-34-19/h3,5,7-8,13-15,17,21H,6,9-12,16H2,1H3,(H,31,32)/t17-,21+/m0/s1. The Bertz CT molecular complexity index is 1250. The molecule has 1 aliphatic heterocycles. The van der Waals surface area contributed by atoms with Crippen LogP contribution in [-0.2, 0) is 4.79 Å². The van der Waals surface area contributed by atoms with Gasteiger partial charge in [0.05, 0.1) is 41.7 Å². The average molecular weight is 481 g/mol. The lowest BCUT2D eigenvalue weighted by Gasteiger charge is -2.35. The number of aliphatic carboxylic acids is 1. The summed E-state index contributed by atoms with van der Waals surface area (Å²) in [6.07, 6.45) is 2.16. The van der Waals surface area contributed by atoms with Gasteiger partial charge in [-0.1, -0.05) is 17.9 Å². The molecule has 2 atom stereocenters. The van der Waals surface area contributed by atoms with E-state index in [-0.39, 0.29) is 23.7 Å². The smallest absolute Gasteiger partial charge is 0.308 e. The molecule has 34 heavy (non-hydrogen) atoms. The molecule has 1 N–H and O–H groups in total. The summed E-state index contributed by atoms with van der Waals surface area (Å²) in [5.74, 6) is 4.06. The summed E-state index contributed by atoms with van der Waals surface area (Å²) in [6.45, 7) is 1.60. The van der Waals surface area contributed by atoms with Crippen molar-refractivity contribution in [2.75, 3.05) is 26.7 Å². The number of hydrogen-bond acceptors (Lipinski definition) is 6. The average Bonchev–Trinajstić information content (AvgIpc) is 3.36. The number of Topliss-reactive ketones (excluding diaryl/α,β-unsaturated/α-hetero) is 1. The van der Waals surface area contributed by atoms with Gasteiger partial charge in [0.1, 0.15) is 5.75 Å². The van der Waals surface area contributed by atoms with Crippen molar-refractivity contribution < 1.29 is 23.8 Å². The van der Waals surface area contributed by atoms with E-state index in [9.17, 15) is 19.1 Å². The zero-order chi connectivity index (χ0) is 24.1. The van der Waals surface area contributed by atoms with Crippen molar-refractivity contribution in [3.05, 3.63) is 58.2 Å². The second kappa shape index (κ2) is 10.8. The topological polar surface area (TPSA) is 79.7 Å². The number of benzene rings is 1. The molecule has 1 aliphatic rings. The van der Waals surface area contributed by atoms with Crippen molar-refractivity contribution in [3.63, 3.8) is 0 Å². The number of thiophene rings is 1. The number of carbonyl (C=O) groups is 2. The highest BCUT2D eigenvalue weighted by molar-refractivity contribution is 7.10. The van der Waals surface area contributed by atoms with Gasteiger partial charge in [0.15, 0.2) is 11.6 Å². The van der Waals surface area contributed by atoms with Gasteiger partial charge in [-0.2, -0.15) is 0 Å². The number of hydrogen-bond donors (Lipinski definition) is 1. The van der Waals surface area contributed by atoms with Gasteiger partial charge in [0.25, 0.3) is 0 Å². The van der Waals surface area contributed by atoms with E-state index in [0.717, 1.165) is 11.1 Å². The molecule has 8 heteroatoms.